The average Bonchev–Trinajstić information content (AvgIpc) is 2.82. The lowest BCUT2D eigenvalue weighted by atomic mass is 9.89. The van der Waals surface area contributed by atoms with Gasteiger partial charge >= 0.3 is 0 Å². The molecule has 3 rings (SSSR count). The van der Waals surface area contributed by atoms with E-state index in [1.54, 1.807) is 6.07 Å². The molecule has 0 amide bonds. The van der Waals surface area contributed by atoms with Crippen molar-refractivity contribution in [2.24, 2.45) is 0 Å². The molecule has 0 aromatic heterocycles. The van der Waals surface area contributed by atoms with Crippen LogP contribution in [-0.4, -0.2) is 18.2 Å². The van der Waals surface area contributed by atoms with Gasteiger partial charge in [0.15, 0.2) is 0 Å². The van der Waals surface area contributed by atoms with E-state index in [9.17, 15) is 4.39 Å². The van der Waals surface area contributed by atoms with Gasteiger partial charge < -0.3 is 10.1 Å². The van der Waals surface area contributed by atoms with Crippen LogP contribution in [0.1, 0.15) is 44.1 Å². The third-order valence-corrected chi connectivity index (χ3v) is 4.49. The van der Waals surface area contributed by atoms with Crippen LogP contribution in [-0.2, 0) is 4.74 Å². The lowest BCUT2D eigenvalue weighted by Crippen LogP contribution is -2.42. The summed E-state index contributed by atoms with van der Waals surface area (Å²) in [6.45, 7) is 2.79. The highest BCUT2D eigenvalue weighted by molar-refractivity contribution is 5.48. The number of halogens is 1. The number of hydrogen-bond acceptors (Lipinski definition) is 2. The number of benzene rings is 1. The molecule has 1 N–H and O–H groups in total. The summed E-state index contributed by atoms with van der Waals surface area (Å²) in [6.07, 6.45) is 6.86. The first-order valence-electron chi connectivity index (χ1n) is 7.34. The predicted octanol–water partition coefficient (Wildman–Crippen LogP) is 4.04. The van der Waals surface area contributed by atoms with Crippen LogP contribution in [0.25, 0.3) is 0 Å². The summed E-state index contributed by atoms with van der Waals surface area (Å²) in [7, 11) is 0. The lowest BCUT2D eigenvalue weighted by Gasteiger charge is -2.39. The molecule has 1 atom stereocenters. The topological polar surface area (TPSA) is 21.3 Å². The highest BCUT2D eigenvalue weighted by Gasteiger charge is 2.39. The summed E-state index contributed by atoms with van der Waals surface area (Å²) in [5, 5.41) is 3.39. The van der Waals surface area contributed by atoms with Crippen molar-refractivity contribution in [2.45, 2.75) is 57.1 Å². The minimum atomic E-state index is -0.155. The van der Waals surface area contributed by atoms with E-state index >= 15 is 0 Å². The van der Waals surface area contributed by atoms with E-state index in [0.717, 1.165) is 25.0 Å². The Morgan fingerprint density at radius 2 is 2.11 bits per heavy atom. The monoisotopic (exact) mass is 263 g/mol. The minimum Gasteiger partial charge on any atom is -0.380 e. The second kappa shape index (κ2) is 5.12. The van der Waals surface area contributed by atoms with Gasteiger partial charge in [0.25, 0.3) is 0 Å². The smallest absolute Gasteiger partial charge is 0.146 e. The predicted molar refractivity (Wildman–Crippen MR) is 74.9 cm³/mol. The van der Waals surface area contributed by atoms with E-state index in [1.807, 2.05) is 19.1 Å². The minimum absolute atomic E-state index is 0.0796. The molecular weight excluding hydrogens is 241 g/mol. The zero-order chi connectivity index (χ0) is 13.3. The van der Waals surface area contributed by atoms with E-state index in [0.29, 0.717) is 11.7 Å². The van der Waals surface area contributed by atoms with Crippen molar-refractivity contribution < 1.29 is 9.13 Å². The molecule has 1 aromatic rings. The molecule has 1 unspecified atom stereocenters. The normalized spacial score (nSPS) is 25.7. The summed E-state index contributed by atoms with van der Waals surface area (Å²) < 4.78 is 19.8. The van der Waals surface area contributed by atoms with Crippen molar-refractivity contribution >= 4 is 5.69 Å². The van der Waals surface area contributed by atoms with E-state index in [1.165, 1.54) is 25.7 Å². The Hall–Kier alpha value is -1.09. The van der Waals surface area contributed by atoms with Crippen LogP contribution < -0.4 is 5.32 Å². The van der Waals surface area contributed by atoms with E-state index in [-0.39, 0.29) is 11.4 Å². The van der Waals surface area contributed by atoms with Crippen LogP contribution in [0.3, 0.4) is 0 Å². The van der Waals surface area contributed by atoms with Crippen LogP contribution in [0.15, 0.2) is 18.2 Å². The Balaban J connectivity index is 1.70. The number of rotatable bonds is 2. The second-order valence-electron chi connectivity index (χ2n) is 6.06. The molecular formula is C16H22FNO. The van der Waals surface area contributed by atoms with Crippen molar-refractivity contribution in [3.8, 4) is 0 Å². The van der Waals surface area contributed by atoms with E-state index in [4.69, 9.17) is 4.74 Å². The summed E-state index contributed by atoms with van der Waals surface area (Å²) >= 11 is 0. The van der Waals surface area contributed by atoms with Crippen molar-refractivity contribution in [3.05, 3.63) is 29.6 Å². The van der Waals surface area contributed by atoms with Crippen molar-refractivity contribution in [1.29, 1.82) is 0 Å². The number of anilines is 1. The molecule has 2 nitrogen and oxygen atoms in total. The number of aryl methyl sites for hydroxylation is 1. The summed E-state index contributed by atoms with van der Waals surface area (Å²) in [4.78, 5) is 0. The molecule has 1 saturated heterocycles. The molecule has 1 aromatic carbocycles. The van der Waals surface area contributed by atoms with E-state index in [2.05, 4.69) is 5.32 Å². The number of hydrogen-bond donors (Lipinski definition) is 1. The molecule has 1 aliphatic carbocycles. The first-order valence-corrected chi connectivity index (χ1v) is 7.34. The van der Waals surface area contributed by atoms with Gasteiger partial charge in [-0.15, -0.1) is 0 Å². The fourth-order valence-electron chi connectivity index (χ4n) is 3.49. The van der Waals surface area contributed by atoms with Gasteiger partial charge in [-0.1, -0.05) is 18.9 Å². The molecule has 3 heteroatoms. The Morgan fingerprint density at radius 3 is 2.89 bits per heavy atom. The molecule has 1 aliphatic heterocycles. The molecule has 0 bridgehead atoms. The van der Waals surface area contributed by atoms with Gasteiger partial charge in [0.2, 0.25) is 0 Å². The van der Waals surface area contributed by atoms with Gasteiger partial charge in [0, 0.05) is 12.6 Å². The highest BCUT2D eigenvalue weighted by atomic mass is 19.1. The van der Waals surface area contributed by atoms with Gasteiger partial charge in [-0.05, 0) is 50.3 Å². The lowest BCUT2D eigenvalue weighted by molar-refractivity contribution is -0.0767. The van der Waals surface area contributed by atoms with E-state index < -0.39 is 0 Å². The van der Waals surface area contributed by atoms with Gasteiger partial charge in [0.1, 0.15) is 5.82 Å². The molecule has 2 fully saturated rings. The molecule has 19 heavy (non-hydrogen) atoms. The first-order chi connectivity index (χ1) is 9.17. The van der Waals surface area contributed by atoms with Crippen LogP contribution in [0.5, 0.6) is 0 Å². The van der Waals surface area contributed by atoms with Gasteiger partial charge in [-0.3, -0.25) is 0 Å². The number of ether oxygens (including phenoxy) is 1. The van der Waals surface area contributed by atoms with Crippen LogP contribution in [0.4, 0.5) is 10.1 Å². The van der Waals surface area contributed by atoms with Crippen LogP contribution >= 0.6 is 0 Å². The van der Waals surface area contributed by atoms with Crippen molar-refractivity contribution in [1.82, 2.24) is 0 Å². The third kappa shape index (κ3) is 2.76. The highest BCUT2D eigenvalue weighted by Crippen LogP contribution is 2.40. The fourth-order valence-corrected chi connectivity index (χ4v) is 3.49. The molecule has 1 heterocycles. The standard InChI is InChI=1S/C16H22FNO/c1-12-4-5-14(17)15(10-12)18-13-6-9-19-16(11-13)7-2-3-8-16/h4-5,10,13,18H,2-3,6-9,11H2,1H3. The number of nitrogens with one attached hydrogen (secondary N) is 1. The maximum Gasteiger partial charge on any atom is 0.146 e. The van der Waals surface area contributed by atoms with Crippen LogP contribution in [0.2, 0.25) is 0 Å². The average molecular weight is 263 g/mol. The zero-order valence-electron chi connectivity index (χ0n) is 11.5. The quantitative estimate of drug-likeness (QED) is 0.869. The maximum atomic E-state index is 13.8. The van der Waals surface area contributed by atoms with Crippen molar-refractivity contribution in [3.63, 3.8) is 0 Å². The van der Waals surface area contributed by atoms with Gasteiger partial charge in [-0.25, -0.2) is 4.39 Å². The Labute approximate surface area is 114 Å². The third-order valence-electron chi connectivity index (χ3n) is 4.49. The maximum absolute atomic E-state index is 13.8. The molecule has 1 saturated carbocycles. The second-order valence-corrected chi connectivity index (χ2v) is 6.06. The summed E-state index contributed by atoms with van der Waals surface area (Å²) in [5.74, 6) is -0.155. The molecule has 1 spiro atoms. The Morgan fingerprint density at radius 1 is 1.32 bits per heavy atom. The fraction of sp³-hybridized carbons (Fsp3) is 0.625. The van der Waals surface area contributed by atoms with Gasteiger partial charge in [-0.2, -0.15) is 0 Å². The van der Waals surface area contributed by atoms with Crippen LogP contribution in [0, 0.1) is 12.7 Å². The SMILES string of the molecule is Cc1ccc(F)c(NC2CCOC3(CCCC3)C2)c1. The Bertz CT molecular complexity index is 454. The summed E-state index contributed by atoms with van der Waals surface area (Å²) in [5.41, 5.74) is 1.81. The Kier molecular flexibility index (Phi) is 3.48. The zero-order valence-corrected chi connectivity index (χ0v) is 11.5. The summed E-state index contributed by atoms with van der Waals surface area (Å²) in [6, 6.07) is 5.58. The molecule has 104 valence electrons. The van der Waals surface area contributed by atoms with Crippen molar-refractivity contribution in [2.75, 3.05) is 11.9 Å². The van der Waals surface area contributed by atoms with Gasteiger partial charge in [0.05, 0.1) is 11.3 Å². The largest absolute Gasteiger partial charge is 0.380 e. The molecule has 0 radical (unpaired) electrons. The first kappa shape index (κ1) is 12.9. The molecule has 2 aliphatic rings.